The Balaban J connectivity index is 2.41. The molecule has 0 aliphatic carbocycles. The van der Waals surface area contributed by atoms with Crippen molar-refractivity contribution < 1.29 is 13.3 Å². The third kappa shape index (κ3) is 4.60. The molecule has 0 aliphatic heterocycles. The molecule has 15 heavy (non-hydrogen) atoms. The molecule has 0 N–H and O–H groups in total. The fourth-order valence-electron chi connectivity index (χ4n) is 0.857. The van der Waals surface area contributed by atoms with Crippen LogP contribution in [0.25, 0.3) is 0 Å². The van der Waals surface area contributed by atoms with Crippen LogP contribution in [0.1, 0.15) is 12.5 Å². The van der Waals surface area contributed by atoms with E-state index in [9.17, 15) is 8.42 Å². The van der Waals surface area contributed by atoms with Crippen molar-refractivity contribution in [1.29, 1.82) is 0 Å². The molecule has 1 aromatic rings. The van der Waals surface area contributed by atoms with Crippen molar-refractivity contribution in [2.24, 2.45) is 5.16 Å². The molecule has 0 spiro atoms. The lowest BCUT2D eigenvalue weighted by Gasteiger charge is -1.98. The number of hydrogen-bond donors (Lipinski definition) is 0. The predicted molar refractivity (Wildman–Crippen MR) is 59.2 cm³/mol. The molecule has 0 atom stereocenters. The van der Waals surface area contributed by atoms with Gasteiger partial charge in [-0.2, -0.15) is 0 Å². The van der Waals surface area contributed by atoms with Crippen LogP contribution in [0.2, 0.25) is 0 Å². The second kappa shape index (κ2) is 5.50. The molecule has 1 rings (SSSR count). The zero-order chi connectivity index (χ0) is 11.1. The van der Waals surface area contributed by atoms with Crippen molar-refractivity contribution in [1.82, 2.24) is 0 Å². The standard InChI is InChI=1S/C10H13NO3S/c1-2-15(12,13)9-11-14-8-10-6-4-3-5-7-10/h3-7,9H,2,8H2,1H3/b11-9+. The van der Waals surface area contributed by atoms with E-state index >= 15 is 0 Å². The molecule has 0 saturated carbocycles. The molecule has 0 unspecified atom stereocenters. The molecular weight excluding hydrogens is 214 g/mol. The lowest BCUT2D eigenvalue weighted by atomic mass is 10.2. The number of rotatable bonds is 5. The molecule has 4 nitrogen and oxygen atoms in total. The van der Waals surface area contributed by atoms with Gasteiger partial charge in [0.1, 0.15) is 6.61 Å². The van der Waals surface area contributed by atoms with Crippen molar-refractivity contribution in [3.05, 3.63) is 35.9 Å². The SMILES string of the molecule is CCS(=O)(=O)/C=N/OCc1ccccc1. The van der Waals surface area contributed by atoms with Gasteiger partial charge in [-0.05, 0) is 5.56 Å². The zero-order valence-corrected chi connectivity index (χ0v) is 9.28. The van der Waals surface area contributed by atoms with Gasteiger partial charge in [-0.15, -0.1) is 0 Å². The molecule has 0 heterocycles. The van der Waals surface area contributed by atoms with Crippen LogP contribution >= 0.6 is 0 Å². The number of oxime groups is 1. The first-order chi connectivity index (χ1) is 7.14. The maximum Gasteiger partial charge on any atom is 0.191 e. The van der Waals surface area contributed by atoms with Crippen LogP contribution in [-0.2, 0) is 21.3 Å². The molecule has 82 valence electrons. The number of sulfone groups is 1. The Labute approximate surface area is 89.5 Å². The highest BCUT2D eigenvalue weighted by atomic mass is 32.2. The molecule has 0 bridgehead atoms. The molecule has 0 radical (unpaired) electrons. The molecule has 0 saturated heterocycles. The van der Waals surface area contributed by atoms with Gasteiger partial charge in [-0.3, -0.25) is 0 Å². The van der Waals surface area contributed by atoms with Crippen LogP contribution in [0, 0.1) is 0 Å². The summed E-state index contributed by atoms with van der Waals surface area (Å²) in [6, 6.07) is 9.42. The normalized spacial score (nSPS) is 11.8. The molecule has 0 aromatic heterocycles. The predicted octanol–water partition coefficient (Wildman–Crippen LogP) is 1.58. The Morgan fingerprint density at radius 1 is 1.33 bits per heavy atom. The molecule has 0 aliphatic rings. The van der Waals surface area contributed by atoms with Crippen LogP contribution in [0.15, 0.2) is 35.5 Å². The van der Waals surface area contributed by atoms with E-state index in [1.54, 1.807) is 6.92 Å². The van der Waals surface area contributed by atoms with Gasteiger partial charge in [-0.25, -0.2) is 8.42 Å². The Morgan fingerprint density at radius 2 is 2.00 bits per heavy atom. The molecule has 0 amide bonds. The lowest BCUT2D eigenvalue weighted by Crippen LogP contribution is -2.03. The molecule has 0 fully saturated rings. The quantitative estimate of drug-likeness (QED) is 0.436. The average Bonchev–Trinajstić information content (AvgIpc) is 2.26. The van der Waals surface area contributed by atoms with E-state index in [1.807, 2.05) is 30.3 Å². The third-order valence-corrected chi connectivity index (χ3v) is 2.97. The van der Waals surface area contributed by atoms with Gasteiger partial charge in [0, 0.05) is 0 Å². The van der Waals surface area contributed by atoms with Gasteiger partial charge in [-0.1, -0.05) is 42.4 Å². The number of nitrogens with zero attached hydrogens (tertiary/aromatic N) is 1. The van der Waals surface area contributed by atoms with E-state index in [-0.39, 0.29) is 12.4 Å². The summed E-state index contributed by atoms with van der Waals surface area (Å²) in [6.07, 6.45) is 0. The summed E-state index contributed by atoms with van der Waals surface area (Å²) in [5.41, 5.74) is 1.79. The monoisotopic (exact) mass is 227 g/mol. The number of hydrogen-bond acceptors (Lipinski definition) is 4. The highest BCUT2D eigenvalue weighted by molar-refractivity contribution is 8.04. The Morgan fingerprint density at radius 3 is 2.60 bits per heavy atom. The summed E-state index contributed by atoms with van der Waals surface area (Å²) >= 11 is 0. The summed E-state index contributed by atoms with van der Waals surface area (Å²) in [5, 5.41) is 3.40. The van der Waals surface area contributed by atoms with E-state index in [0.29, 0.717) is 0 Å². The Kier molecular flexibility index (Phi) is 4.30. The average molecular weight is 227 g/mol. The first-order valence-corrected chi connectivity index (χ1v) is 6.27. The first kappa shape index (κ1) is 11.7. The minimum atomic E-state index is -3.19. The van der Waals surface area contributed by atoms with Gasteiger partial charge in [0.05, 0.1) is 5.75 Å². The van der Waals surface area contributed by atoms with Crippen LogP contribution in [-0.4, -0.2) is 19.7 Å². The van der Waals surface area contributed by atoms with Gasteiger partial charge < -0.3 is 4.84 Å². The van der Waals surface area contributed by atoms with Gasteiger partial charge in [0.15, 0.2) is 15.4 Å². The fraction of sp³-hybridized carbons (Fsp3) is 0.300. The topological polar surface area (TPSA) is 55.7 Å². The fourth-order valence-corrected chi connectivity index (χ4v) is 1.20. The summed E-state index contributed by atoms with van der Waals surface area (Å²) in [6.45, 7) is 1.83. The highest BCUT2D eigenvalue weighted by Crippen LogP contribution is 2.00. The minimum absolute atomic E-state index is 0.0329. The van der Waals surface area contributed by atoms with Crippen molar-refractivity contribution in [3.8, 4) is 0 Å². The van der Waals surface area contributed by atoms with Gasteiger partial charge in [0.25, 0.3) is 0 Å². The largest absolute Gasteiger partial charge is 0.390 e. The lowest BCUT2D eigenvalue weighted by molar-refractivity contribution is 0.132. The maximum atomic E-state index is 11.0. The smallest absolute Gasteiger partial charge is 0.191 e. The van der Waals surface area contributed by atoms with Crippen molar-refractivity contribution in [3.63, 3.8) is 0 Å². The third-order valence-electron chi connectivity index (χ3n) is 1.75. The van der Waals surface area contributed by atoms with E-state index in [0.717, 1.165) is 11.1 Å². The highest BCUT2D eigenvalue weighted by Gasteiger charge is 2.01. The van der Waals surface area contributed by atoms with Gasteiger partial charge in [0.2, 0.25) is 0 Å². The van der Waals surface area contributed by atoms with E-state index in [1.165, 1.54) is 0 Å². The summed E-state index contributed by atoms with van der Waals surface area (Å²) < 4.78 is 22.0. The van der Waals surface area contributed by atoms with Gasteiger partial charge >= 0.3 is 0 Å². The molecule has 1 aromatic carbocycles. The van der Waals surface area contributed by atoms with Crippen LogP contribution in [0.4, 0.5) is 0 Å². The van der Waals surface area contributed by atoms with E-state index in [2.05, 4.69) is 5.16 Å². The second-order valence-electron chi connectivity index (χ2n) is 2.92. The van der Waals surface area contributed by atoms with Crippen molar-refractivity contribution >= 4 is 15.4 Å². The van der Waals surface area contributed by atoms with Crippen LogP contribution in [0.3, 0.4) is 0 Å². The number of benzene rings is 1. The first-order valence-electron chi connectivity index (χ1n) is 4.56. The van der Waals surface area contributed by atoms with Crippen molar-refractivity contribution in [2.45, 2.75) is 13.5 Å². The maximum absolute atomic E-state index is 11.0. The minimum Gasteiger partial charge on any atom is -0.390 e. The van der Waals surface area contributed by atoms with Crippen LogP contribution in [0.5, 0.6) is 0 Å². The second-order valence-corrected chi connectivity index (χ2v) is 5.04. The zero-order valence-electron chi connectivity index (χ0n) is 8.46. The Bertz CT molecular complexity index is 412. The summed E-state index contributed by atoms with van der Waals surface area (Å²) in [5.74, 6) is 0.0329. The van der Waals surface area contributed by atoms with Crippen LogP contribution < -0.4 is 0 Å². The summed E-state index contributed by atoms with van der Waals surface area (Å²) in [4.78, 5) is 4.85. The Hall–Kier alpha value is -1.36. The molecular formula is C10H13NO3S. The van der Waals surface area contributed by atoms with Crippen molar-refractivity contribution in [2.75, 3.05) is 5.75 Å². The summed E-state index contributed by atoms with van der Waals surface area (Å²) in [7, 11) is -3.19. The molecule has 5 heteroatoms. The van der Waals surface area contributed by atoms with E-state index < -0.39 is 9.84 Å². The van der Waals surface area contributed by atoms with E-state index in [4.69, 9.17) is 4.84 Å².